The molecule has 0 spiro atoms. The molecule has 0 amide bonds. The number of sulfonamides is 1. The molecule has 2 rings (SSSR count). The Morgan fingerprint density at radius 2 is 1.76 bits per heavy atom. The van der Waals surface area contributed by atoms with Crippen molar-refractivity contribution in [3.05, 3.63) is 46.1 Å². The maximum absolute atomic E-state index is 13.5. The standard InChI is InChI=1S/C12H11F3N2O2S2/c1-6-2-11(20-10(6)5-16)21(18,19)17-12-8(14)3-7(13)4-9(12)15/h2-4,17H,5,16H2,1H3. The molecule has 9 heteroatoms. The molecule has 0 aliphatic rings. The first kappa shape index (κ1) is 15.8. The Labute approximate surface area is 123 Å². The van der Waals surface area contributed by atoms with Crippen molar-refractivity contribution < 1.29 is 21.6 Å². The van der Waals surface area contributed by atoms with E-state index in [1.807, 2.05) is 0 Å². The van der Waals surface area contributed by atoms with Gasteiger partial charge in [0.1, 0.15) is 15.7 Å². The lowest BCUT2D eigenvalue weighted by Gasteiger charge is -2.08. The molecule has 1 aromatic heterocycles. The van der Waals surface area contributed by atoms with Gasteiger partial charge in [-0.2, -0.15) is 0 Å². The van der Waals surface area contributed by atoms with Gasteiger partial charge in [-0.15, -0.1) is 11.3 Å². The van der Waals surface area contributed by atoms with Gasteiger partial charge >= 0.3 is 0 Å². The number of hydrogen-bond acceptors (Lipinski definition) is 4. The number of aryl methyl sites for hydroxylation is 1. The molecular weight excluding hydrogens is 325 g/mol. The van der Waals surface area contributed by atoms with E-state index in [-0.39, 0.29) is 10.8 Å². The van der Waals surface area contributed by atoms with Crippen LogP contribution in [0.4, 0.5) is 18.9 Å². The summed E-state index contributed by atoms with van der Waals surface area (Å²) >= 11 is 0.906. The smallest absolute Gasteiger partial charge is 0.271 e. The molecule has 3 N–H and O–H groups in total. The molecule has 0 radical (unpaired) electrons. The zero-order valence-electron chi connectivity index (χ0n) is 10.8. The summed E-state index contributed by atoms with van der Waals surface area (Å²) in [5.74, 6) is -3.79. The Balaban J connectivity index is 2.42. The highest BCUT2D eigenvalue weighted by atomic mass is 32.2. The van der Waals surface area contributed by atoms with E-state index in [0.29, 0.717) is 22.6 Å². The molecule has 4 nitrogen and oxygen atoms in total. The third kappa shape index (κ3) is 3.20. The second-order valence-electron chi connectivity index (χ2n) is 4.23. The van der Waals surface area contributed by atoms with Crippen LogP contribution < -0.4 is 10.5 Å². The summed E-state index contributed by atoms with van der Waals surface area (Å²) in [7, 11) is -4.17. The van der Waals surface area contributed by atoms with Crippen molar-refractivity contribution in [1.29, 1.82) is 0 Å². The molecule has 1 aromatic carbocycles. The first-order chi connectivity index (χ1) is 9.74. The highest BCUT2D eigenvalue weighted by molar-refractivity contribution is 7.94. The number of benzene rings is 1. The van der Waals surface area contributed by atoms with Crippen LogP contribution in [0.2, 0.25) is 0 Å². The molecule has 21 heavy (non-hydrogen) atoms. The van der Waals surface area contributed by atoms with Gasteiger partial charge in [0, 0.05) is 23.6 Å². The maximum atomic E-state index is 13.5. The lowest BCUT2D eigenvalue weighted by atomic mass is 10.3. The Morgan fingerprint density at radius 1 is 1.19 bits per heavy atom. The second kappa shape index (κ2) is 5.66. The molecule has 0 saturated heterocycles. The fourth-order valence-electron chi connectivity index (χ4n) is 1.65. The normalized spacial score (nSPS) is 11.7. The van der Waals surface area contributed by atoms with Crippen LogP contribution in [0.3, 0.4) is 0 Å². The van der Waals surface area contributed by atoms with Crippen LogP contribution in [0.1, 0.15) is 10.4 Å². The van der Waals surface area contributed by atoms with Crippen molar-refractivity contribution in [1.82, 2.24) is 0 Å². The molecule has 0 aliphatic heterocycles. The SMILES string of the molecule is Cc1cc(S(=O)(=O)Nc2c(F)cc(F)cc2F)sc1CN. The minimum atomic E-state index is -4.17. The van der Waals surface area contributed by atoms with E-state index in [4.69, 9.17) is 5.73 Å². The Hall–Kier alpha value is -1.58. The fourth-order valence-corrected chi connectivity index (χ4v) is 4.19. The van der Waals surface area contributed by atoms with Gasteiger partial charge in [0.25, 0.3) is 10.0 Å². The maximum Gasteiger partial charge on any atom is 0.271 e. The van der Waals surface area contributed by atoms with Crippen LogP contribution in [0.15, 0.2) is 22.4 Å². The number of thiophene rings is 1. The molecule has 0 bridgehead atoms. The average Bonchev–Trinajstić information content (AvgIpc) is 2.76. The molecule has 0 saturated carbocycles. The molecule has 114 valence electrons. The molecule has 1 heterocycles. The van der Waals surface area contributed by atoms with Crippen LogP contribution in [-0.2, 0) is 16.6 Å². The Morgan fingerprint density at radius 3 is 2.24 bits per heavy atom. The summed E-state index contributed by atoms with van der Waals surface area (Å²) in [6.07, 6.45) is 0. The third-order valence-electron chi connectivity index (χ3n) is 2.69. The van der Waals surface area contributed by atoms with Crippen molar-refractivity contribution in [2.45, 2.75) is 17.7 Å². The summed E-state index contributed by atoms with van der Waals surface area (Å²) in [5, 5.41) is 0. The van der Waals surface area contributed by atoms with Gasteiger partial charge < -0.3 is 5.73 Å². The summed E-state index contributed by atoms with van der Waals surface area (Å²) < 4.78 is 65.6. The van der Waals surface area contributed by atoms with Crippen molar-refractivity contribution in [2.75, 3.05) is 4.72 Å². The van der Waals surface area contributed by atoms with Crippen molar-refractivity contribution in [2.24, 2.45) is 5.73 Å². The summed E-state index contributed by atoms with van der Waals surface area (Å²) in [5.41, 5.74) is 5.21. The quantitative estimate of drug-likeness (QED) is 0.902. The van der Waals surface area contributed by atoms with Gasteiger partial charge in [0.05, 0.1) is 0 Å². The first-order valence-electron chi connectivity index (χ1n) is 5.71. The van der Waals surface area contributed by atoms with E-state index in [1.165, 1.54) is 6.07 Å². The van der Waals surface area contributed by atoms with Gasteiger partial charge in [-0.3, -0.25) is 4.72 Å². The second-order valence-corrected chi connectivity index (χ2v) is 7.27. The number of hydrogen-bond donors (Lipinski definition) is 2. The van der Waals surface area contributed by atoms with E-state index in [1.54, 1.807) is 11.6 Å². The molecule has 0 unspecified atom stereocenters. The predicted octanol–water partition coefficient (Wildman–Crippen LogP) is 2.73. The summed E-state index contributed by atoms with van der Waals surface area (Å²) in [6.45, 7) is 1.84. The lowest BCUT2D eigenvalue weighted by molar-refractivity contribution is 0.547. The summed E-state index contributed by atoms with van der Waals surface area (Å²) in [6, 6.07) is 2.15. The largest absolute Gasteiger partial charge is 0.326 e. The average molecular weight is 336 g/mol. The lowest BCUT2D eigenvalue weighted by Crippen LogP contribution is -2.14. The van der Waals surface area contributed by atoms with Gasteiger partial charge in [-0.25, -0.2) is 21.6 Å². The molecule has 0 atom stereocenters. The van der Waals surface area contributed by atoms with Crippen LogP contribution in [0, 0.1) is 24.4 Å². The minimum absolute atomic E-state index is 0.122. The van der Waals surface area contributed by atoms with Gasteiger partial charge in [0.2, 0.25) is 0 Å². The van der Waals surface area contributed by atoms with Crippen molar-refractivity contribution in [3.63, 3.8) is 0 Å². The number of halogens is 3. The highest BCUT2D eigenvalue weighted by Crippen LogP contribution is 2.29. The Kier molecular flexibility index (Phi) is 4.26. The molecule has 2 aromatic rings. The Bertz CT molecular complexity index is 765. The van der Waals surface area contributed by atoms with E-state index >= 15 is 0 Å². The van der Waals surface area contributed by atoms with E-state index < -0.39 is 33.2 Å². The van der Waals surface area contributed by atoms with E-state index in [9.17, 15) is 21.6 Å². The molecular formula is C12H11F3N2O2S2. The monoisotopic (exact) mass is 336 g/mol. The van der Waals surface area contributed by atoms with Crippen molar-refractivity contribution >= 4 is 27.0 Å². The zero-order chi connectivity index (χ0) is 15.8. The number of nitrogens with two attached hydrogens (primary N) is 1. The van der Waals surface area contributed by atoms with Crippen LogP contribution in [0.5, 0.6) is 0 Å². The molecule has 0 fully saturated rings. The van der Waals surface area contributed by atoms with Crippen LogP contribution >= 0.6 is 11.3 Å². The number of rotatable bonds is 4. The van der Waals surface area contributed by atoms with Gasteiger partial charge in [-0.05, 0) is 18.6 Å². The fraction of sp³-hybridized carbons (Fsp3) is 0.167. The van der Waals surface area contributed by atoms with Gasteiger partial charge in [0.15, 0.2) is 11.6 Å². The highest BCUT2D eigenvalue weighted by Gasteiger charge is 2.22. The van der Waals surface area contributed by atoms with Crippen molar-refractivity contribution in [3.8, 4) is 0 Å². The van der Waals surface area contributed by atoms with E-state index in [0.717, 1.165) is 11.3 Å². The third-order valence-corrected chi connectivity index (χ3v) is 5.77. The van der Waals surface area contributed by atoms with Crippen LogP contribution in [0.25, 0.3) is 0 Å². The number of nitrogens with one attached hydrogen (secondary N) is 1. The van der Waals surface area contributed by atoms with E-state index in [2.05, 4.69) is 0 Å². The predicted molar refractivity (Wildman–Crippen MR) is 74.1 cm³/mol. The minimum Gasteiger partial charge on any atom is -0.326 e. The first-order valence-corrected chi connectivity index (χ1v) is 8.01. The zero-order valence-corrected chi connectivity index (χ0v) is 12.4. The summed E-state index contributed by atoms with van der Waals surface area (Å²) in [4.78, 5) is 0.649. The van der Waals surface area contributed by atoms with Gasteiger partial charge in [-0.1, -0.05) is 0 Å². The molecule has 0 aliphatic carbocycles. The topological polar surface area (TPSA) is 72.2 Å². The van der Waals surface area contributed by atoms with Crippen LogP contribution in [-0.4, -0.2) is 8.42 Å². The number of anilines is 1.